The fourth-order valence-corrected chi connectivity index (χ4v) is 4.99. The van der Waals surface area contributed by atoms with Crippen LogP contribution in [0.25, 0.3) is 6.08 Å². The number of ether oxygens (including phenoxy) is 3. The van der Waals surface area contributed by atoms with Crippen LogP contribution in [0.3, 0.4) is 0 Å². The molecule has 3 aliphatic rings. The van der Waals surface area contributed by atoms with Gasteiger partial charge in [0.2, 0.25) is 5.78 Å². The van der Waals surface area contributed by atoms with Crippen molar-refractivity contribution < 1.29 is 19.0 Å². The molecular weight excluding hydrogens is 416 g/mol. The Morgan fingerprint density at radius 2 is 1.97 bits per heavy atom. The molecule has 0 spiro atoms. The van der Waals surface area contributed by atoms with Crippen LogP contribution in [-0.2, 0) is 11.3 Å². The van der Waals surface area contributed by atoms with Crippen LogP contribution in [0, 0.1) is 6.92 Å². The van der Waals surface area contributed by atoms with Crippen molar-refractivity contribution in [3.8, 4) is 11.5 Å². The molecule has 0 aromatic heterocycles. The van der Waals surface area contributed by atoms with Gasteiger partial charge in [-0.25, -0.2) is 0 Å². The van der Waals surface area contributed by atoms with E-state index in [1.165, 1.54) is 5.69 Å². The van der Waals surface area contributed by atoms with Crippen LogP contribution in [0.4, 0.5) is 5.69 Å². The molecular formula is C27H32N2O4. The SMILES string of the molecule is CCN(CC)c1ccc(/C=C2\Oc3c4c(cc(C)c3C2=O)OCN(CC2CCCO2)C4)cc1. The van der Waals surface area contributed by atoms with Crippen molar-refractivity contribution in [1.29, 1.82) is 0 Å². The first-order valence-electron chi connectivity index (χ1n) is 12.0. The molecule has 0 amide bonds. The Morgan fingerprint density at radius 1 is 1.18 bits per heavy atom. The number of ketones is 1. The van der Waals surface area contributed by atoms with Gasteiger partial charge in [-0.05, 0) is 69.0 Å². The van der Waals surface area contributed by atoms with Crippen molar-refractivity contribution in [3.05, 3.63) is 58.3 Å². The van der Waals surface area contributed by atoms with E-state index in [2.05, 4.69) is 35.8 Å². The van der Waals surface area contributed by atoms with Gasteiger partial charge in [0, 0.05) is 38.5 Å². The molecule has 6 nitrogen and oxygen atoms in total. The van der Waals surface area contributed by atoms with Crippen LogP contribution in [0.5, 0.6) is 11.5 Å². The number of fused-ring (bicyclic) bond motifs is 3. The summed E-state index contributed by atoms with van der Waals surface area (Å²) in [6.07, 6.45) is 4.30. The third-order valence-corrected chi connectivity index (χ3v) is 6.79. The topological polar surface area (TPSA) is 51.2 Å². The summed E-state index contributed by atoms with van der Waals surface area (Å²) in [5, 5.41) is 0. The van der Waals surface area contributed by atoms with Gasteiger partial charge in [-0.2, -0.15) is 0 Å². The van der Waals surface area contributed by atoms with Crippen molar-refractivity contribution in [2.75, 3.05) is 37.9 Å². The first-order chi connectivity index (χ1) is 16.1. The molecule has 3 aliphatic heterocycles. The van der Waals surface area contributed by atoms with Gasteiger partial charge in [-0.15, -0.1) is 0 Å². The Labute approximate surface area is 195 Å². The number of nitrogens with zero attached hydrogens (tertiary/aromatic N) is 2. The zero-order chi connectivity index (χ0) is 22.9. The molecule has 6 heteroatoms. The minimum absolute atomic E-state index is 0.0608. The summed E-state index contributed by atoms with van der Waals surface area (Å²) in [5.74, 6) is 1.77. The molecule has 0 radical (unpaired) electrons. The number of carbonyl (C=O) groups excluding carboxylic acids is 1. The van der Waals surface area contributed by atoms with Crippen LogP contribution in [0.15, 0.2) is 36.1 Å². The molecule has 3 heterocycles. The summed E-state index contributed by atoms with van der Waals surface area (Å²) >= 11 is 0. The van der Waals surface area contributed by atoms with Crippen molar-refractivity contribution in [1.82, 2.24) is 4.90 Å². The summed E-state index contributed by atoms with van der Waals surface area (Å²) in [5.41, 5.74) is 4.62. The number of aryl methyl sites for hydroxylation is 1. The van der Waals surface area contributed by atoms with Crippen LogP contribution in [0.2, 0.25) is 0 Å². The zero-order valence-corrected chi connectivity index (χ0v) is 19.7. The van der Waals surface area contributed by atoms with E-state index in [9.17, 15) is 4.79 Å². The fraction of sp³-hybridized carbons (Fsp3) is 0.444. The van der Waals surface area contributed by atoms with Crippen LogP contribution in [-0.4, -0.2) is 49.8 Å². The monoisotopic (exact) mass is 448 g/mol. The van der Waals surface area contributed by atoms with E-state index in [1.807, 2.05) is 31.2 Å². The van der Waals surface area contributed by atoms with E-state index in [1.54, 1.807) is 0 Å². The maximum absolute atomic E-state index is 13.3. The maximum atomic E-state index is 13.3. The van der Waals surface area contributed by atoms with Crippen LogP contribution < -0.4 is 14.4 Å². The fourth-order valence-electron chi connectivity index (χ4n) is 4.99. The summed E-state index contributed by atoms with van der Waals surface area (Å²) in [7, 11) is 0. The van der Waals surface area contributed by atoms with Crippen LogP contribution in [0.1, 0.15) is 53.7 Å². The Morgan fingerprint density at radius 3 is 2.67 bits per heavy atom. The molecule has 174 valence electrons. The lowest BCUT2D eigenvalue weighted by Gasteiger charge is -2.31. The lowest BCUT2D eigenvalue weighted by atomic mass is 9.98. The van der Waals surface area contributed by atoms with Gasteiger partial charge in [-0.1, -0.05) is 12.1 Å². The molecule has 0 saturated carbocycles. The largest absolute Gasteiger partial charge is 0.478 e. The van der Waals surface area contributed by atoms with Crippen molar-refractivity contribution in [2.24, 2.45) is 0 Å². The number of benzene rings is 2. The molecule has 2 aromatic rings. The lowest BCUT2D eigenvalue weighted by molar-refractivity contribution is 0.0273. The number of carbonyl (C=O) groups is 1. The lowest BCUT2D eigenvalue weighted by Crippen LogP contribution is -2.37. The predicted octanol–water partition coefficient (Wildman–Crippen LogP) is 4.79. The summed E-state index contributed by atoms with van der Waals surface area (Å²) in [6, 6.07) is 10.2. The van der Waals surface area contributed by atoms with Gasteiger partial charge in [0.25, 0.3) is 0 Å². The van der Waals surface area contributed by atoms with Crippen LogP contribution >= 0.6 is 0 Å². The van der Waals surface area contributed by atoms with E-state index in [-0.39, 0.29) is 11.9 Å². The number of hydrogen-bond acceptors (Lipinski definition) is 6. The predicted molar refractivity (Wildman–Crippen MR) is 129 cm³/mol. The van der Waals surface area contributed by atoms with E-state index in [0.717, 1.165) is 61.5 Å². The summed E-state index contributed by atoms with van der Waals surface area (Å²) < 4.78 is 18.1. The summed E-state index contributed by atoms with van der Waals surface area (Å²) in [4.78, 5) is 17.8. The highest BCUT2D eigenvalue weighted by Gasteiger charge is 2.36. The Bertz CT molecular complexity index is 1070. The third-order valence-electron chi connectivity index (χ3n) is 6.79. The Hall–Kier alpha value is -2.83. The highest BCUT2D eigenvalue weighted by atomic mass is 16.5. The molecule has 1 saturated heterocycles. The number of Topliss-reactive ketones (excluding diaryl/α,β-unsaturated/α-hetero) is 1. The second-order valence-electron chi connectivity index (χ2n) is 9.00. The normalized spacial score (nSPS) is 21.0. The zero-order valence-electron chi connectivity index (χ0n) is 19.7. The highest BCUT2D eigenvalue weighted by molar-refractivity contribution is 6.15. The van der Waals surface area contributed by atoms with Crippen molar-refractivity contribution in [3.63, 3.8) is 0 Å². The second-order valence-corrected chi connectivity index (χ2v) is 9.00. The number of anilines is 1. The van der Waals surface area contributed by atoms with E-state index in [4.69, 9.17) is 14.2 Å². The first-order valence-corrected chi connectivity index (χ1v) is 12.0. The average Bonchev–Trinajstić information content (AvgIpc) is 3.45. The highest BCUT2D eigenvalue weighted by Crippen LogP contribution is 2.44. The molecule has 1 unspecified atom stereocenters. The van der Waals surface area contributed by atoms with Gasteiger partial charge in [0.1, 0.15) is 18.2 Å². The molecule has 1 atom stereocenters. The standard InChI is InChI=1S/C27H32N2O4/c1-4-29(5-2)20-10-8-19(9-11-20)14-24-26(30)25-18(3)13-23-22(27(25)33-24)16-28(17-32-23)15-21-7-6-12-31-21/h8-11,13-14,21H,4-7,12,15-17H2,1-3H3/b24-14-. The van der Waals surface area contributed by atoms with E-state index >= 15 is 0 Å². The minimum atomic E-state index is -0.0608. The third kappa shape index (κ3) is 4.25. The molecule has 5 rings (SSSR count). The van der Waals surface area contributed by atoms with E-state index in [0.29, 0.717) is 30.3 Å². The molecule has 33 heavy (non-hydrogen) atoms. The van der Waals surface area contributed by atoms with Gasteiger partial charge >= 0.3 is 0 Å². The van der Waals surface area contributed by atoms with Crippen molar-refractivity contribution >= 4 is 17.5 Å². The minimum Gasteiger partial charge on any atom is -0.478 e. The Balaban J connectivity index is 1.39. The van der Waals surface area contributed by atoms with Gasteiger partial charge in [0.05, 0.1) is 17.2 Å². The Kier molecular flexibility index (Phi) is 6.13. The maximum Gasteiger partial charge on any atom is 0.232 e. The molecule has 0 N–H and O–H groups in total. The smallest absolute Gasteiger partial charge is 0.232 e. The molecule has 1 fully saturated rings. The number of allylic oxidation sites excluding steroid dienone is 1. The average molecular weight is 449 g/mol. The molecule has 0 bridgehead atoms. The first kappa shape index (κ1) is 22.0. The van der Waals surface area contributed by atoms with Gasteiger partial charge in [0.15, 0.2) is 5.76 Å². The second kappa shape index (κ2) is 9.20. The number of hydrogen-bond donors (Lipinski definition) is 0. The van der Waals surface area contributed by atoms with Gasteiger partial charge in [-0.3, -0.25) is 9.69 Å². The van der Waals surface area contributed by atoms with E-state index < -0.39 is 0 Å². The molecule has 0 aliphatic carbocycles. The van der Waals surface area contributed by atoms with Crippen molar-refractivity contribution in [2.45, 2.75) is 46.3 Å². The number of rotatable bonds is 6. The van der Waals surface area contributed by atoms with Gasteiger partial charge < -0.3 is 19.1 Å². The molecule has 2 aromatic carbocycles. The quantitative estimate of drug-likeness (QED) is 0.593. The summed E-state index contributed by atoms with van der Waals surface area (Å²) in [6.45, 7) is 11.1.